The number of aliphatic carboxylic acids is 2. The molecule has 1 aliphatic rings. The van der Waals surface area contributed by atoms with E-state index in [2.05, 4.69) is 5.32 Å². The zero-order valence-corrected chi connectivity index (χ0v) is 6.69. The first-order valence-electron chi connectivity index (χ1n) is 3.74. The van der Waals surface area contributed by atoms with E-state index in [1.165, 1.54) is 0 Å². The van der Waals surface area contributed by atoms with E-state index in [4.69, 9.17) is 10.2 Å². The Hall–Kier alpha value is -1.59. The molecule has 1 saturated heterocycles. The standard InChI is InChI=1S/C7H9NO5/c9-5-1-3(6(10)11)4(2-8-5)7(12)13/h3-4H,1-2H2,(H,8,9)(H,10,11)(H,12,13)/t3-,4-/m1/s1. The topological polar surface area (TPSA) is 104 Å². The molecule has 0 radical (unpaired) electrons. The Kier molecular flexibility index (Phi) is 2.50. The molecular formula is C7H9NO5. The van der Waals surface area contributed by atoms with Gasteiger partial charge in [-0.1, -0.05) is 0 Å². The zero-order valence-electron chi connectivity index (χ0n) is 6.69. The van der Waals surface area contributed by atoms with Crippen LogP contribution in [0.2, 0.25) is 0 Å². The maximum absolute atomic E-state index is 10.8. The Labute approximate surface area is 73.5 Å². The highest BCUT2D eigenvalue weighted by atomic mass is 16.4. The predicted molar refractivity (Wildman–Crippen MR) is 39.9 cm³/mol. The summed E-state index contributed by atoms with van der Waals surface area (Å²) in [6, 6.07) is 0. The molecule has 0 unspecified atom stereocenters. The van der Waals surface area contributed by atoms with E-state index in [0.29, 0.717) is 0 Å². The molecule has 0 aromatic carbocycles. The van der Waals surface area contributed by atoms with Gasteiger partial charge in [-0.25, -0.2) is 0 Å². The molecule has 72 valence electrons. The molecule has 0 spiro atoms. The number of nitrogens with one attached hydrogen (secondary N) is 1. The van der Waals surface area contributed by atoms with Gasteiger partial charge in [-0.2, -0.15) is 0 Å². The molecule has 6 nitrogen and oxygen atoms in total. The Bertz CT molecular complexity index is 262. The van der Waals surface area contributed by atoms with Gasteiger partial charge in [0.15, 0.2) is 0 Å². The van der Waals surface area contributed by atoms with E-state index in [9.17, 15) is 14.4 Å². The summed E-state index contributed by atoms with van der Waals surface area (Å²) < 4.78 is 0. The molecule has 0 aromatic rings. The van der Waals surface area contributed by atoms with Gasteiger partial charge in [0.1, 0.15) is 0 Å². The second-order valence-electron chi connectivity index (χ2n) is 2.90. The van der Waals surface area contributed by atoms with Gasteiger partial charge in [0.25, 0.3) is 0 Å². The first-order chi connectivity index (χ1) is 6.02. The summed E-state index contributed by atoms with van der Waals surface area (Å²) in [5.74, 6) is -4.96. The lowest BCUT2D eigenvalue weighted by molar-refractivity contribution is -0.157. The van der Waals surface area contributed by atoms with Gasteiger partial charge in [-0.15, -0.1) is 0 Å². The summed E-state index contributed by atoms with van der Waals surface area (Å²) in [5, 5.41) is 19.6. The Morgan fingerprint density at radius 1 is 1.23 bits per heavy atom. The van der Waals surface area contributed by atoms with Crippen molar-refractivity contribution in [2.75, 3.05) is 6.54 Å². The quantitative estimate of drug-likeness (QED) is 0.509. The van der Waals surface area contributed by atoms with E-state index in [0.717, 1.165) is 0 Å². The van der Waals surface area contributed by atoms with Gasteiger partial charge in [0.2, 0.25) is 5.91 Å². The van der Waals surface area contributed by atoms with Crippen molar-refractivity contribution in [2.45, 2.75) is 6.42 Å². The highest BCUT2D eigenvalue weighted by Crippen LogP contribution is 2.20. The lowest BCUT2D eigenvalue weighted by atomic mass is 9.86. The summed E-state index contributed by atoms with van der Waals surface area (Å²) in [6.07, 6.45) is -0.258. The third-order valence-electron chi connectivity index (χ3n) is 2.04. The number of hydrogen-bond donors (Lipinski definition) is 3. The first kappa shape index (κ1) is 9.50. The predicted octanol–water partition coefficient (Wildman–Crippen LogP) is -1.09. The fraction of sp³-hybridized carbons (Fsp3) is 0.571. The van der Waals surface area contributed by atoms with Crippen LogP contribution in [0.5, 0.6) is 0 Å². The second kappa shape index (κ2) is 3.42. The smallest absolute Gasteiger partial charge is 0.309 e. The van der Waals surface area contributed by atoms with Crippen LogP contribution in [0.15, 0.2) is 0 Å². The number of piperidine rings is 1. The minimum atomic E-state index is -1.23. The van der Waals surface area contributed by atoms with E-state index in [-0.39, 0.29) is 13.0 Å². The molecule has 13 heavy (non-hydrogen) atoms. The van der Waals surface area contributed by atoms with Crippen LogP contribution in [0.25, 0.3) is 0 Å². The van der Waals surface area contributed by atoms with Gasteiger partial charge >= 0.3 is 11.9 Å². The molecule has 2 atom stereocenters. The summed E-state index contributed by atoms with van der Waals surface area (Å²) in [7, 11) is 0. The van der Waals surface area contributed by atoms with E-state index in [1.807, 2.05) is 0 Å². The van der Waals surface area contributed by atoms with Gasteiger partial charge in [0.05, 0.1) is 11.8 Å². The highest BCUT2D eigenvalue weighted by molar-refractivity contribution is 5.88. The van der Waals surface area contributed by atoms with Crippen molar-refractivity contribution in [1.82, 2.24) is 5.32 Å². The molecule has 0 aromatic heterocycles. The molecule has 0 aliphatic carbocycles. The number of carbonyl (C=O) groups is 3. The maximum Gasteiger partial charge on any atom is 0.309 e. The summed E-state index contributed by atoms with van der Waals surface area (Å²) in [6.45, 7) is -0.106. The molecule has 1 heterocycles. The normalized spacial score (nSPS) is 27.8. The lowest BCUT2D eigenvalue weighted by Gasteiger charge is -2.25. The van der Waals surface area contributed by atoms with Crippen molar-refractivity contribution in [3.8, 4) is 0 Å². The summed E-state index contributed by atoms with van der Waals surface area (Å²) in [4.78, 5) is 31.9. The molecule has 1 aliphatic heterocycles. The average Bonchev–Trinajstić information content (AvgIpc) is 2.03. The molecule has 0 saturated carbocycles. The highest BCUT2D eigenvalue weighted by Gasteiger charge is 2.38. The fourth-order valence-electron chi connectivity index (χ4n) is 1.30. The molecule has 1 amide bonds. The lowest BCUT2D eigenvalue weighted by Crippen LogP contribution is -2.46. The van der Waals surface area contributed by atoms with Crippen LogP contribution in [0.4, 0.5) is 0 Å². The molecular weight excluding hydrogens is 178 g/mol. The van der Waals surface area contributed by atoms with Gasteiger partial charge in [-0.05, 0) is 0 Å². The van der Waals surface area contributed by atoms with Crippen LogP contribution in [0.1, 0.15) is 6.42 Å². The van der Waals surface area contributed by atoms with Crippen LogP contribution < -0.4 is 5.32 Å². The third kappa shape index (κ3) is 1.95. The minimum Gasteiger partial charge on any atom is -0.481 e. The second-order valence-corrected chi connectivity index (χ2v) is 2.90. The van der Waals surface area contributed by atoms with Crippen molar-refractivity contribution in [3.05, 3.63) is 0 Å². The largest absolute Gasteiger partial charge is 0.481 e. The van der Waals surface area contributed by atoms with Crippen LogP contribution in [-0.2, 0) is 14.4 Å². The van der Waals surface area contributed by atoms with Crippen molar-refractivity contribution in [2.24, 2.45) is 11.8 Å². The van der Waals surface area contributed by atoms with Crippen LogP contribution in [0, 0.1) is 11.8 Å². The Morgan fingerprint density at radius 3 is 2.23 bits per heavy atom. The molecule has 1 rings (SSSR count). The van der Waals surface area contributed by atoms with Crippen LogP contribution >= 0.6 is 0 Å². The monoisotopic (exact) mass is 187 g/mol. The molecule has 0 bridgehead atoms. The van der Waals surface area contributed by atoms with Crippen molar-refractivity contribution >= 4 is 17.8 Å². The number of carbonyl (C=O) groups excluding carboxylic acids is 1. The average molecular weight is 187 g/mol. The van der Waals surface area contributed by atoms with Crippen LogP contribution in [-0.4, -0.2) is 34.6 Å². The molecule has 6 heteroatoms. The van der Waals surface area contributed by atoms with Crippen LogP contribution in [0.3, 0.4) is 0 Å². The molecule has 1 fully saturated rings. The Morgan fingerprint density at radius 2 is 1.77 bits per heavy atom. The minimum absolute atomic E-state index is 0.106. The van der Waals surface area contributed by atoms with Gasteiger partial charge < -0.3 is 15.5 Å². The van der Waals surface area contributed by atoms with E-state index in [1.54, 1.807) is 0 Å². The number of carboxylic acid groups (broad SMARTS) is 2. The molecule has 3 N–H and O–H groups in total. The van der Waals surface area contributed by atoms with E-state index >= 15 is 0 Å². The fourth-order valence-corrected chi connectivity index (χ4v) is 1.30. The number of hydrogen-bond acceptors (Lipinski definition) is 3. The summed E-state index contributed by atoms with van der Waals surface area (Å²) in [5.41, 5.74) is 0. The van der Waals surface area contributed by atoms with E-state index < -0.39 is 29.7 Å². The third-order valence-corrected chi connectivity index (χ3v) is 2.04. The van der Waals surface area contributed by atoms with Crippen molar-refractivity contribution < 1.29 is 24.6 Å². The first-order valence-corrected chi connectivity index (χ1v) is 3.74. The zero-order chi connectivity index (χ0) is 10.0. The van der Waals surface area contributed by atoms with Crippen molar-refractivity contribution in [3.63, 3.8) is 0 Å². The van der Waals surface area contributed by atoms with Gasteiger partial charge in [0, 0.05) is 13.0 Å². The summed E-state index contributed by atoms with van der Waals surface area (Å²) >= 11 is 0. The van der Waals surface area contributed by atoms with Gasteiger partial charge in [-0.3, -0.25) is 14.4 Å². The van der Waals surface area contributed by atoms with Crippen molar-refractivity contribution in [1.29, 1.82) is 0 Å². The SMILES string of the molecule is O=C1C[C@@H](C(=O)O)[C@H](C(=O)O)CN1. The number of rotatable bonds is 2. The number of carboxylic acids is 2. The maximum atomic E-state index is 10.8. The number of amides is 1. The Balaban J connectivity index is 2.77.